The Morgan fingerprint density at radius 2 is 2.50 bits per heavy atom. The first-order chi connectivity index (χ1) is 6.77. The van der Waals surface area contributed by atoms with Gasteiger partial charge in [0.25, 0.3) is 0 Å². The highest BCUT2D eigenvalue weighted by Gasteiger charge is 2.39. The van der Waals surface area contributed by atoms with Gasteiger partial charge in [-0.1, -0.05) is 0 Å². The molecule has 4 heteroatoms. The summed E-state index contributed by atoms with van der Waals surface area (Å²) >= 11 is 1.67. The van der Waals surface area contributed by atoms with Gasteiger partial charge in [-0.25, -0.2) is 9.97 Å². The SMILES string of the molecule is Cc1ccnc(C2(C#N)CCCS2)n1. The largest absolute Gasteiger partial charge is 0.239 e. The topological polar surface area (TPSA) is 49.6 Å². The van der Waals surface area contributed by atoms with E-state index in [1.54, 1.807) is 18.0 Å². The molecule has 3 nitrogen and oxygen atoms in total. The Morgan fingerprint density at radius 3 is 3.07 bits per heavy atom. The molecule has 0 N–H and O–H groups in total. The highest BCUT2D eigenvalue weighted by atomic mass is 32.2. The summed E-state index contributed by atoms with van der Waals surface area (Å²) in [6, 6.07) is 4.21. The van der Waals surface area contributed by atoms with Crippen molar-refractivity contribution in [3.8, 4) is 6.07 Å². The summed E-state index contributed by atoms with van der Waals surface area (Å²) in [6.45, 7) is 1.93. The molecule has 0 radical (unpaired) electrons. The third-order valence-corrected chi connectivity index (χ3v) is 3.82. The molecule has 0 saturated carbocycles. The molecule has 2 rings (SSSR count). The third kappa shape index (κ3) is 1.48. The number of thioether (sulfide) groups is 1. The van der Waals surface area contributed by atoms with Crippen molar-refractivity contribution in [1.82, 2.24) is 9.97 Å². The molecule has 0 amide bonds. The van der Waals surface area contributed by atoms with Gasteiger partial charge in [-0.3, -0.25) is 0 Å². The lowest BCUT2D eigenvalue weighted by atomic mass is 10.0. The van der Waals surface area contributed by atoms with E-state index in [1.165, 1.54) is 0 Å². The molecule has 1 saturated heterocycles. The summed E-state index contributed by atoms with van der Waals surface area (Å²) in [5, 5.41) is 9.21. The summed E-state index contributed by atoms with van der Waals surface area (Å²) in [6.07, 6.45) is 3.68. The van der Waals surface area contributed by atoms with Crippen LogP contribution in [-0.2, 0) is 4.75 Å². The number of nitriles is 1. The van der Waals surface area contributed by atoms with Gasteiger partial charge in [0, 0.05) is 11.9 Å². The monoisotopic (exact) mass is 205 g/mol. The summed E-state index contributed by atoms with van der Waals surface area (Å²) < 4.78 is -0.480. The maximum Gasteiger partial charge on any atom is 0.162 e. The highest BCUT2D eigenvalue weighted by molar-refractivity contribution is 8.00. The molecule has 1 aromatic heterocycles. The predicted molar refractivity (Wildman–Crippen MR) is 55.8 cm³/mol. The number of aromatic nitrogens is 2. The van der Waals surface area contributed by atoms with Gasteiger partial charge in [-0.15, -0.1) is 11.8 Å². The van der Waals surface area contributed by atoms with E-state index in [1.807, 2.05) is 13.0 Å². The van der Waals surface area contributed by atoms with Crippen LogP contribution in [-0.4, -0.2) is 15.7 Å². The number of rotatable bonds is 1. The van der Waals surface area contributed by atoms with Crippen molar-refractivity contribution >= 4 is 11.8 Å². The number of nitrogens with zero attached hydrogens (tertiary/aromatic N) is 3. The molecule has 2 heterocycles. The van der Waals surface area contributed by atoms with Gasteiger partial charge < -0.3 is 0 Å². The lowest BCUT2D eigenvalue weighted by Gasteiger charge is -2.17. The Balaban J connectivity index is 2.42. The average Bonchev–Trinajstić information content (AvgIpc) is 2.67. The van der Waals surface area contributed by atoms with Gasteiger partial charge in [-0.05, 0) is 31.6 Å². The minimum Gasteiger partial charge on any atom is -0.239 e. The molecule has 1 aromatic rings. The van der Waals surface area contributed by atoms with Crippen LogP contribution in [0.15, 0.2) is 12.3 Å². The molecule has 1 aliphatic heterocycles. The lowest BCUT2D eigenvalue weighted by molar-refractivity contribution is 0.669. The van der Waals surface area contributed by atoms with Gasteiger partial charge in [0.15, 0.2) is 10.6 Å². The van der Waals surface area contributed by atoms with Gasteiger partial charge in [-0.2, -0.15) is 5.26 Å². The van der Waals surface area contributed by atoms with Crippen LogP contribution in [0.4, 0.5) is 0 Å². The molecule has 72 valence electrons. The molecule has 14 heavy (non-hydrogen) atoms. The minimum absolute atomic E-state index is 0.480. The number of hydrogen-bond donors (Lipinski definition) is 0. The van der Waals surface area contributed by atoms with Crippen LogP contribution in [0.3, 0.4) is 0 Å². The van der Waals surface area contributed by atoms with Crippen LogP contribution < -0.4 is 0 Å². The third-order valence-electron chi connectivity index (χ3n) is 2.36. The Hall–Kier alpha value is -1.08. The molecule has 1 unspecified atom stereocenters. The zero-order valence-electron chi connectivity index (χ0n) is 8.03. The maximum atomic E-state index is 9.21. The standard InChI is InChI=1S/C10H11N3S/c1-8-3-5-12-9(13-8)10(7-11)4-2-6-14-10/h3,5H,2,4,6H2,1H3. The quantitative estimate of drug-likeness (QED) is 0.704. The van der Waals surface area contributed by atoms with Crippen molar-refractivity contribution < 1.29 is 0 Å². The van der Waals surface area contributed by atoms with Crippen LogP contribution in [0.5, 0.6) is 0 Å². The van der Waals surface area contributed by atoms with E-state index in [0.717, 1.165) is 24.3 Å². The molecular weight excluding hydrogens is 194 g/mol. The van der Waals surface area contributed by atoms with E-state index < -0.39 is 4.75 Å². The van der Waals surface area contributed by atoms with E-state index in [-0.39, 0.29) is 0 Å². The molecule has 0 aromatic carbocycles. The fourth-order valence-corrected chi connectivity index (χ4v) is 2.82. The first kappa shape index (κ1) is 9.47. The van der Waals surface area contributed by atoms with Crippen molar-refractivity contribution in [2.75, 3.05) is 5.75 Å². The number of aryl methyl sites for hydroxylation is 1. The van der Waals surface area contributed by atoms with Crippen LogP contribution in [0.1, 0.15) is 24.4 Å². The smallest absolute Gasteiger partial charge is 0.162 e. The second kappa shape index (κ2) is 3.58. The summed E-state index contributed by atoms with van der Waals surface area (Å²) in [5.74, 6) is 1.72. The predicted octanol–water partition coefficient (Wildman–Crippen LogP) is 2.03. The zero-order valence-corrected chi connectivity index (χ0v) is 8.84. The second-order valence-electron chi connectivity index (χ2n) is 3.41. The van der Waals surface area contributed by atoms with Crippen LogP contribution >= 0.6 is 11.8 Å². The summed E-state index contributed by atoms with van der Waals surface area (Å²) in [7, 11) is 0. The Labute approximate surface area is 87.6 Å². The van der Waals surface area contributed by atoms with E-state index >= 15 is 0 Å². The summed E-state index contributed by atoms with van der Waals surface area (Å²) in [4.78, 5) is 8.55. The summed E-state index contributed by atoms with van der Waals surface area (Å²) in [5.41, 5.74) is 0.928. The molecule has 0 bridgehead atoms. The minimum atomic E-state index is -0.480. The van der Waals surface area contributed by atoms with Crippen molar-refractivity contribution in [3.05, 3.63) is 23.8 Å². The van der Waals surface area contributed by atoms with E-state index in [2.05, 4.69) is 16.0 Å². The molecular formula is C10H11N3S. The Morgan fingerprint density at radius 1 is 1.64 bits per heavy atom. The van der Waals surface area contributed by atoms with Crippen molar-refractivity contribution in [2.24, 2.45) is 0 Å². The molecule has 1 aliphatic rings. The van der Waals surface area contributed by atoms with E-state index in [0.29, 0.717) is 5.82 Å². The fraction of sp³-hybridized carbons (Fsp3) is 0.500. The average molecular weight is 205 g/mol. The normalized spacial score (nSPS) is 26.0. The lowest BCUT2D eigenvalue weighted by Crippen LogP contribution is -2.19. The Kier molecular flexibility index (Phi) is 2.42. The van der Waals surface area contributed by atoms with Crippen LogP contribution in [0.25, 0.3) is 0 Å². The fourth-order valence-electron chi connectivity index (χ4n) is 1.60. The van der Waals surface area contributed by atoms with Crippen LogP contribution in [0, 0.1) is 18.3 Å². The molecule has 0 spiro atoms. The maximum absolute atomic E-state index is 9.21. The Bertz CT molecular complexity index is 377. The van der Waals surface area contributed by atoms with E-state index in [4.69, 9.17) is 0 Å². The number of hydrogen-bond acceptors (Lipinski definition) is 4. The first-order valence-corrected chi connectivity index (χ1v) is 5.61. The molecule has 1 fully saturated rings. The molecule has 1 atom stereocenters. The highest BCUT2D eigenvalue weighted by Crippen LogP contribution is 2.44. The van der Waals surface area contributed by atoms with Crippen molar-refractivity contribution in [1.29, 1.82) is 5.26 Å². The zero-order chi connectivity index (χ0) is 10.0. The van der Waals surface area contributed by atoms with Gasteiger partial charge in [0.2, 0.25) is 0 Å². The molecule has 0 aliphatic carbocycles. The van der Waals surface area contributed by atoms with Crippen molar-refractivity contribution in [3.63, 3.8) is 0 Å². The van der Waals surface area contributed by atoms with Gasteiger partial charge >= 0.3 is 0 Å². The van der Waals surface area contributed by atoms with Gasteiger partial charge in [0.05, 0.1) is 6.07 Å². The van der Waals surface area contributed by atoms with Gasteiger partial charge in [0.1, 0.15) is 0 Å². The van der Waals surface area contributed by atoms with E-state index in [9.17, 15) is 5.26 Å². The van der Waals surface area contributed by atoms with Crippen LogP contribution in [0.2, 0.25) is 0 Å². The first-order valence-electron chi connectivity index (χ1n) is 4.62. The van der Waals surface area contributed by atoms with Crippen molar-refractivity contribution in [2.45, 2.75) is 24.5 Å². The second-order valence-corrected chi connectivity index (χ2v) is 4.81.